The number of nitrogens with one attached hydrogen (secondary N) is 1. The first-order chi connectivity index (χ1) is 15.3. The molecule has 6 heteroatoms. The maximum Gasteiger partial charge on any atom is 0.283 e. The molecule has 2 amide bonds. The SMILES string of the molecule is Cc1cc(Cl)ccc1N1C(=O)C(Nc2ccc(C(C)C)cc2)=C(Sc2ccccc2)C1=O. The van der Waals surface area contributed by atoms with E-state index < -0.39 is 0 Å². The van der Waals surface area contributed by atoms with Gasteiger partial charge in [-0.25, -0.2) is 4.90 Å². The normalized spacial score (nSPS) is 14.0. The van der Waals surface area contributed by atoms with E-state index >= 15 is 0 Å². The van der Waals surface area contributed by atoms with Crippen molar-refractivity contribution in [2.45, 2.75) is 31.6 Å². The monoisotopic (exact) mass is 462 g/mol. The van der Waals surface area contributed by atoms with E-state index in [-0.39, 0.29) is 17.5 Å². The summed E-state index contributed by atoms with van der Waals surface area (Å²) in [4.78, 5) is 29.4. The van der Waals surface area contributed by atoms with E-state index in [1.165, 1.54) is 22.2 Å². The number of carbonyl (C=O) groups is 2. The van der Waals surface area contributed by atoms with E-state index in [1.807, 2.05) is 61.5 Å². The molecule has 0 unspecified atom stereocenters. The van der Waals surface area contributed by atoms with Gasteiger partial charge in [-0.2, -0.15) is 0 Å². The molecule has 3 aromatic rings. The van der Waals surface area contributed by atoms with Gasteiger partial charge in [-0.3, -0.25) is 9.59 Å². The highest BCUT2D eigenvalue weighted by Gasteiger charge is 2.40. The van der Waals surface area contributed by atoms with Gasteiger partial charge in [0, 0.05) is 15.6 Å². The van der Waals surface area contributed by atoms with Gasteiger partial charge < -0.3 is 5.32 Å². The second-order valence-corrected chi connectivity index (χ2v) is 9.42. The number of rotatable bonds is 6. The summed E-state index contributed by atoms with van der Waals surface area (Å²) in [6, 6.07) is 22.6. The fourth-order valence-electron chi connectivity index (χ4n) is 3.51. The quantitative estimate of drug-likeness (QED) is 0.411. The van der Waals surface area contributed by atoms with Crippen molar-refractivity contribution in [2.75, 3.05) is 10.2 Å². The van der Waals surface area contributed by atoms with Crippen LogP contribution in [0, 0.1) is 6.92 Å². The molecule has 1 heterocycles. The molecule has 4 rings (SSSR count). The number of anilines is 2. The number of hydrogen-bond donors (Lipinski definition) is 1. The molecule has 3 aromatic carbocycles. The van der Waals surface area contributed by atoms with Crippen LogP contribution < -0.4 is 10.2 Å². The molecule has 1 aliphatic heterocycles. The van der Waals surface area contributed by atoms with E-state index in [9.17, 15) is 9.59 Å². The predicted octanol–water partition coefficient (Wildman–Crippen LogP) is 6.76. The molecule has 0 fully saturated rings. The summed E-state index contributed by atoms with van der Waals surface area (Å²) in [7, 11) is 0. The van der Waals surface area contributed by atoms with Crippen LogP contribution in [0.4, 0.5) is 11.4 Å². The van der Waals surface area contributed by atoms with Crippen molar-refractivity contribution in [1.29, 1.82) is 0 Å². The number of thioether (sulfide) groups is 1. The lowest BCUT2D eigenvalue weighted by molar-refractivity contribution is -0.120. The highest BCUT2D eigenvalue weighted by atomic mass is 35.5. The van der Waals surface area contributed by atoms with Crippen molar-refractivity contribution in [3.8, 4) is 0 Å². The standard InChI is InChI=1S/C26H23ClN2O2S/c1-16(2)18-9-12-20(13-10-18)28-23-24(32-21-7-5-4-6-8-21)26(31)29(25(23)30)22-14-11-19(27)15-17(22)3/h4-16,28H,1-3H3. The zero-order valence-electron chi connectivity index (χ0n) is 18.1. The van der Waals surface area contributed by atoms with Crippen LogP contribution in [0.3, 0.4) is 0 Å². The second-order valence-electron chi connectivity index (χ2n) is 7.90. The van der Waals surface area contributed by atoms with Gasteiger partial charge >= 0.3 is 0 Å². The highest BCUT2D eigenvalue weighted by molar-refractivity contribution is 8.04. The lowest BCUT2D eigenvalue weighted by Gasteiger charge is -2.18. The summed E-state index contributed by atoms with van der Waals surface area (Å²) in [5.41, 5.74) is 3.52. The lowest BCUT2D eigenvalue weighted by atomic mass is 10.0. The molecule has 0 radical (unpaired) electrons. The minimum absolute atomic E-state index is 0.274. The van der Waals surface area contributed by atoms with Gasteiger partial charge in [0.25, 0.3) is 11.8 Å². The van der Waals surface area contributed by atoms with Gasteiger partial charge in [-0.05, 0) is 66.4 Å². The van der Waals surface area contributed by atoms with Crippen molar-refractivity contribution in [3.63, 3.8) is 0 Å². The summed E-state index contributed by atoms with van der Waals surface area (Å²) >= 11 is 7.37. The maximum atomic E-state index is 13.5. The summed E-state index contributed by atoms with van der Waals surface area (Å²) in [5, 5.41) is 3.77. The number of carbonyl (C=O) groups excluding carboxylic acids is 2. The Kier molecular flexibility index (Phi) is 6.40. The van der Waals surface area contributed by atoms with Gasteiger partial charge in [0.2, 0.25) is 0 Å². The van der Waals surface area contributed by atoms with E-state index in [4.69, 9.17) is 11.6 Å². The first-order valence-electron chi connectivity index (χ1n) is 10.3. The largest absolute Gasteiger partial charge is 0.350 e. The molecule has 0 bridgehead atoms. The van der Waals surface area contributed by atoms with Crippen LogP contribution in [0.1, 0.15) is 30.9 Å². The minimum Gasteiger partial charge on any atom is -0.350 e. The minimum atomic E-state index is -0.383. The van der Waals surface area contributed by atoms with Gasteiger partial charge in [0.15, 0.2) is 0 Å². The summed E-state index contributed by atoms with van der Waals surface area (Å²) < 4.78 is 0. The molecule has 32 heavy (non-hydrogen) atoms. The molecule has 0 atom stereocenters. The van der Waals surface area contributed by atoms with Crippen LogP contribution in [0.25, 0.3) is 0 Å². The van der Waals surface area contributed by atoms with E-state index in [0.717, 1.165) is 16.1 Å². The van der Waals surface area contributed by atoms with Gasteiger partial charge in [0.05, 0.1) is 5.69 Å². The first kappa shape index (κ1) is 22.2. The molecule has 4 nitrogen and oxygen atoms in total. The highest BCUT2D eigenvalue weighted by Crippen LogP contribution is 2.39. The van der Waals surface area contributed by atoms with Gasteiger partial charge in [-0.15, -0.1) is 0 Å². The third-order valence-electron chi connectivity index (χ3n) is 5.25. The molecular formula is C26H23ClN2O2S. The zero-order chi connectivity index (χ0) is 22.8. The van der Waals surface area contributed by atoms with Crippen molar-refractivity contribution >= 4 is 46.6 Å². The van der Waals surface area contributed by atoms with Crippen LogP contribution in [0.2, 0.25) is 5.02 Å². The van der Waals surface area contributed by atoms with Crippen LogP contribution in [0.15, 0.2) is 88.3 Å². The summed E-state index contributed by atoms with van der Waals surface area (Å²) in [6.45, 7) is 6.10. The van der Waals surface area contributed by atoms with Crippen LogP contribution in [-0.2, 0) is 9.59 Å². The van der Waals surface area contributed by atoms with Crippen molar-refractivity contribution < 1.29 is 9.59 Å². The summed E-state index contributed by atoms with van der Waals surface area (Å²) in [5.74, 6) is -0.326. The number of hydrogen-bond acceptors (Lipinski definition) is 4. The van der Waals surface area contributed by atoms with Crippen LogP contribution in [-0.4, -0.2) is 11.8 Å². The van der Waals surface area contributed by atoms with Crippen LogP contribution >= 0.6 is 23.4 Å². The number of imide groups is 1. The predicted molar refractivity (Wildman–Crippen MR) is 132 cm³/mol. The van der Waals surface area contributed by atoms with Crippen molar-refractivity contribution in [3.05, 3.63) is 99.5 Å². The molecule has 162 valence electrons. The fourth-order valence-corrected chi connectivity index (χ4v) is 4.68. The number of benzene rings is 3. The third-order valence-corrected chi connectivity index (χ3v) is 6.58. The molecule has 0 saturated carbocycles. The molecular weight excluding hydrogens is 440 g/mol. The van der Waals surface area contributed by atoms with Crippen LogP contribution in [0.5, 0.6) is 0 Å². The molecule has 1 N–H and O–H groups in total. The Morgan fingerprint density at radius 3 is 2.22 bits per heavy atom. The molecule has 0 saturated heterocycles. The average molecular weight is 463 g/mol. The zero-order valence-corrected chi connectivity index (χ0v) is 19.6. The number of nitrogens with zero attached hydrogens (tertiary/aromatic N) is 1. The Labute approximate surface area is 197 Å². The maximum absolute atomic E-state index is 13.5. The molecule has 0 aromatic heterocycles. The third kappa shape index (κ3) is 4.45. The smallest absolute Gasteiger partial charge is 0.283 e. The number of halogens is 1. The number of aryl methyl sites for hydroxylation is 1. The average Bonchev–Trinajstić information content (AvgIpc) is 2.99. The molecule has 1 aliphatic rings. The molecule has 0 aliphatic carbocycles. The number of amides is 2. The molecule has 0 spiro atoms. The van der Waals surface area contributed by atoms with E-state index in [2.05, 4.69) is 19.2 Å². The van der Waals surface area contributed by atoms with E-state index in [1.54, 1.807) is 18.2 Å². The summed E-state index contributed by atoms with van der Waals surface area (Å²) in [6.07, 6.45) is 0. The Morgan fingerprint density at radius 2 is 1.59 bits per heavy atom. The Morgan fingerprint density at radius 1 is 0.906 bits per heavy atom. The first-order valence-corrected chi connectivity index (χ1v) is 11.5. The Balaban J connectivity index is 1.73. The van der Waals surface area contributed by atoms with E-state index in [0.29, 0.717) is 21.5 Å². The fraction of sp³-hybridized carbons (Fsp3) is 0.154. The topological polar surface area (TPSA) is 49.4 Å². The second kappa shape index (κ2) is 9.23. The van der Waals surface area contributed by atoms with Gasteiger partial charge in [-0.1, -0.05) is 67.5 Å². The van der Waals surface area contributed by atoms with Gasteiger partial charge in [0.1, 0.15) is 10.6 Å². The van der Waals surface area contributed by atoms with Crippen molar-refractivity contribution in [1.82, 2.24) is 0 Å². The lowest BCUT2D eigenvalue weighted by Crippen LogP contribution is -2.32. The Bertz CT molecular complexity index is 1200. The Hall–Kier alpha value is -3.02. The van der Waals surface area contributed by atoms with Crippen molar-refractivity contribution in [2.24, 2.45) is 0 Å².